The van der Waals surface area contributed by atoms with Crippen LogP contribution in [-0.2, 0) is 0 Å². The van der Waals surface area contributed by atoms with E-state index in [0.29, 0.717) is 12.0 Å². The third kappa shape index (κ3) is 2.85. The molecular formula is C16H28N2. The Morgan fingerprint density at radius 1 is 1.17 bits per heavy atom. The van der Waals surface area contributed by atoms with Crippen molar-refractivity contribution in [3.05, 3.63) is 11.6 Å². The predicted octanol–water partition coefficient (Wildman–Crippen LogP) is 3.73. The summed E-state index contributed by atoms with van der Waals surface area (Å²) in [5.41, 5.74) is 2.54. The molecule has 18 heavy (non-hydrogen) atoms. The van der Waals surface area contributed by atoms with Crippen LogP contribution in [0.5, 0.6) is 0 Å². The van der Waals surface area contributed by atoms with Crippen molar-refractivity contribution in [2.75, 3.05) is 14.1 Å². The zero-order chi connectivity index (χ0) is 13.3. The Labute approximate surface area is 112 Å². The van der Waals surface area contributed by atoms with Crippen LogP contribution in [0.25, 0.3) is 0 Å². The molecule has 1 saturated carbocycles. The minimum Gasteiger partial charge on any atom is -0.307 e. The Kier molecular flexibility index (Phi) is 4.26. The molecule has 0 aromatic heterocycles. The summed E-state index contributed by atoms with van der Waals surface area (Å²) >= 11 is 0. The number of allylic oxidation sites excluding steroid dienone is 2. The van der Waals surface area contributed by atoms with E-state index in [1.807, 2.05) is 0 Å². The standard InChI is InChI=1S/C16H28N2/c1-11-5-7-13(8-6-11)14-9-12(2)10-15(16(14)17)18(3)4/h7,11-12,14-15,17H,5-6,8-10H2,1-4H3. The topological polar surface area (TPSA) is 27.1 Å². The second kappa shape index (κ2) is 5.56. The molecule has 4 unspecified atom stereocenters. The van der Waals surface area contributed by atoms with Crippen LogP contribution < -0.4 is 0 Å². The lowest BCUT2D eigenvalue weighted by Crippen LogP contribution is -2.45. The van der Waals surface area contributed by atoms with Gasteiger partial charge < -0.3 is 10.3 Å². The van der Waals surface area contributed by atoms with Crippen LogP contribution >= 0.6 is 0 Å². The Morgan fingerprint density at radius 3 is 2.44 bits per heavy atom. The van der Waals surface area contributed by atoms with E-state index in [4.69, 9.17) is 5.41 Å². The molecule has 1 fully saturated rings. The maximum absolute atomic E-state index is 8.53. The van der Waals surface area contributed by atoms with Gasteiger partial charge in [0.2, 0.25) is 0 Å². The first-order valence-electron chi connectivity index (χ1n) is 7.42. The van der Waals surface area contributed by atoms with Gasteiger partial charge in [0.15, 0.2) is 0 Å². The van der Waals surface area contributed by atoms with Crippen molar-refractivity contribution in [1.82, 2.24) is 4.90 Å². The number of hydrogen-bond donors (Lipinski definition) is 1. The molecule has 0 aromatic carbocycles. The fourth-order valence-electron chi connectivity index (χ4n) is 3.51. The highest BCUT2D eigenvalue weighted by atomic mass is 15.1. The van der Waals surface area contributed by atoms with Crippen LogP contribution in [0.4, 0.5) is 0 Å². The molecule has 0 spiro atoms. The molecule has 1 N–H and O–H groups in total. The third-order valence-corrected chi connectivity index (χ3v) is 4.78. The van der Waals surface area contributed by atoms with Gasteiger partial charge in [-0.25, -0.2) is 0 Å². The van der Waals surface area contributed by atoms with Crippen molar-refractivity contribution in [2.24, 2.45) is 17.8 Å². The number of rotatable bonds is 2. The second-order valence-electron chi connectivity index (χ2n) is 6.72. The van der Waals surface area contributed by atoms with Crippen molar-refractivity contribution in [3.8, 4) is 0 Å². The fourth-order valence-corrected chi connectivity index (χ4v) is 3.51. The van der Waals surface area contributed by atoms with E-state index in [2.05, 4.69) is 38.9 Å². The quantitative estimate of drug-likeness (QED) is 0.741. The van der Waals surface area contributed by atoms with Crippen molar-refractivity contribution < 1.29 is 0 Å². The molecule has 2 aliphatic carbocycles. The Hall–Kier alpha value is -0.630. The van der Waals surface area contributed by atoms with Gasteiger partial charge in [0.25, 0.3) is 0 Å². The van der Waals surface area contributed by atoms with Crippen LogP contribution in [0, 0.1) is 23.2 Å². The average Bonchev–Trinajstić information content (AvgIpc) is 2.32. The maximum atomic E-state index is 8.53. The van der Waals surface area contributed by atoms with E-state index in [9.17, 15) is 0 Å². The average molecular weight is 248 g/mol. The minimum atomic E-state index is 0.360. The van der Waals surface area contributed by atoms with Crippen molar-refractivity contribution in [3.63, 3.8) is 0 Å². The van der Waals surface area contributed by atoms with Crippen LogP contribution in [-0.4, -0.2) is 30.7 Å². The molecule has 0 saturated heterocycles. The smallest absolute Gasteiger partial charge is 0.0477 e. The molecule has 2 nitrogen and oxygen atoms in total. The molecule has 0 radical (unpaired) electrons. The lowest BCUT2D eigenvalue weighted by Gasteiger charge is -2.39. The zero-order valence-corrected chi connectivity index (χ0v) is 12.4. The van der Waals surface area contributed by atoms with Gasteiger partial charge >= 0.3 is 0 Å². The van der Waals surface area contributed by atoms with Crippen molar-refractivity contribution >= 4 is 5.71 Å². The van der Waals surface area contributed by atoms with E-state index >= 15 is 0 Å². The SMILES string of the molecule is CC1CC=C(C2CC(C)CC(N(C)C)C2=N)CC1. The summed E-state index contributed by atoms with van der Waals surface area (Å²) in [7, 11) is 4.23. The van der Waals surface area contributed by atoms with Gasteiger partial charge in [0, 0.05) is 17.7 Å². The highest BCUT2D eigenvalue weighted by Gasteiger charge is 2.35. The van der Waals surface area contributed by atoms with Gasteiger partial charge in [0.05, 0.1) is 0 Å². The fraction of sp³-hybridized carbons (Fsp3) is 0.812. The Bertz CT molecular complexity index is 343. The van der Waals surface area contributed by atoms with Crippen LogP contribution in [0.3, 0.4) is 0 Å². The zero-order valence-electron chi connectivity index (χ0n) is 12.4. The van der Waals surface area contributed by atoms with E-state index in [-0.39, 0.29) is 0 Å². The molecule has 4 atom stereocenters. The maximum Gasteiger partial charge on any atom is 0.0477 e. The number of hydrogen-bond acceptors (Lipinski definition) is 2. The second-order valence-corrected chi connectivity index (χ2v) is 6.72. The van der Waals surface area contributed by atoms with Gasteiger partial charge in [-0.2, -0.15) is 0 Å². The van der Waals surface area contributed by atoms with Gasteiger partial charge in [0.1, 0.15) is 0 Å². The molecule has 0 heterocycles. The predicted molar refractivity (Wildman–Crippen MR) is 78.2 cm³/mol. The molecule has 0 aromatic rings. The molecule has 2 rings (SSSR count). The number of nitrogens with one attached hydrogen (secondary N) is 1. The summed E-state index contributed by atoms with van der Waals surface area (Å²) < 4.78 is 0. The first-order chi connectivity index (χ1) is 8.49. The molecule has 2 aliphatic rings. The van der Waals surface area contributed by atoms with Crippen molar-refractivity contribution in [1.29, 1.82) is 5.41 Å². The lowest BCUT2D eigenvalue weighted by atomic mass is 9.71. The molecule has 0 amide bonds. The lowest BCUT2D eigenvalue weighted by molar-refractivity contribution is 0.264. The van der Waals surface area contributed by atoms with Crippen molar-refractivity contribution in [2.45, 2.75) is 52.0 Å². The Balaban J connectivity index is 2.14. The Morgan fingerprint density at radius 2 is 1.89 bits per heavy atom. The van der Waals surface area contributed by atoms with E-state index in [0.717, 1.165) is 24.0 Å². The highest BCUT2D eigenvalue weighted by Crippen LogP contribution is 2.37. The van der Waals surface area contributed by atoms with Crippen LogP contribution in [0.2, 0.25) is 0 Å². The summed E-state index contributed by atoms with van der Waals surface area (Å²) in [5.74, 6) is 2.03. The van der Waals surface area contributed by atoms with Crippen LogP contribution in [0.15, 0.2) is 11.6 Å². The monoisotopic (exact) mass is 248 g/mol. The largest absolute Gasteiger partial charge is 0.307 e. The normalized spacial score (nSPS) is 37.8. The first kappa shape index (κ1) is 13.8. The summed E-state index contributed by atoms with van der Waals surface area (Å²) in [5, 5.41) is 8.53. The van der Waals surface area contributed by atoms with Crippen LogP contribution in [0.1, 0.15) is 46.0 Å². The molecule has 0 bridgehead atoms. The van der Waals surface area contributed by atoms with E-state index in [1.165, 1.54) is 25.7 Å². The minimum absolute atomic E-state index is 0.360. The van der Waals surface area contributed by atoms with E-state index < -0.39 is 0 Å². The third-order valence-electron chi connectivity index (χ3n) is 4.78. The summed E-state index contributed by atoms with van der Waals surface area (Å²) in [6, 6.07) is 0.360. The highest BCUT2D eigenvalue weighted by molar-refractivity contribution is 5.91. The van der Waals surface area contributed by atoms with Gasteiger partial charge in [-0.15, -0.1) is 0 Å². The summed E-state index contributed by atoms with van der Waals surface area (Å²) in [4.78, 5) is 2.23. The molecule has 2 heteroatoms. The van der Waals surface area contributed by atoms with E-state index in [1.54, 1.807) is 5.57 Å². The molecule has 102 valence electrons. The van der Waals surface area contributed by atoms with Gasteiger partial charge in [-0.3, -0.25) is 0 Å². The molecular weight excluding hydrogens is 220 g/mol. The van der Waals surface area contributed by atoms with Gasteiger partial charge in [-0.05, 0) is 58.0 Å². The first-order valence-corrected chi connectivity index (χ1v) is 7.42. The van der Waals surface area contributed by atoms with Gasteiger partial charge in [-0.1, -0.05) is 25.5 Å². The summed E-state index contributed by atoms with van der Waals surface area (Å²) in [6.45, 7) is 4.69. The summed E-state index contributed by atoms with van der Waals surface area (Å²) in [6.07, 6.45) is 8.56. The number of nitrogens with zero attached hydrogens (tertiary/aromatic N) is 1. The molecule has 0 aliphatic heterocycles.